The molecule has 17 aromatic carbocycles. The van der Waals surface area contributed by atoms with Gasteiger partial charge in [0.2, 0.25) is 0 Å². The van der Waals surface area contributed by atoms with Crippen molar-refractivity contribution in [2.75, 3.05) is 4.90 Å². The summed E-state index contributed by atoms with van der Waals surface area (Å²) in [5.41, 5.74) is 22.8. The van der Waals surface area contributed by atoms with Crippen LogP contribution < -0.4 is 4.90 Å². The summed E-state index contributed by atoms with van der Waals surface area (Å²) in [7, 11) is 0. The van der Waals surface area contributed by atoms with Gasteiger partial charge in [0.05, 0.1) is 34.0 Å². The molecule has 20 rings (SSSR count). The molecule has 0 radical (unpaired) electrons. The first kappa shape index (κ1) is 61.3. The summed E-state index contributed by atoms with van der Waals surface area (Å²) in [5.74, 6) is 0. The standard InChI is InChI=1S/C56H38N2.C40H24N2S.CH4/c1-2-16-45(17-3-1)58-55-23-9-8-20-53(55)54-38-44(30-37-56(54)58)39-24-31-46(32-25-39)57(47-33-26-42(27-34-47)51-21-10-14-40-12-4-6-18-49(40)51)48-35-28-43(29-36-48)52-22-11-15-41-13-5-7-19-50(41)52;1-3-17-33-30(14-1)31-15-2-4-18-34(31)39-38(33)41-24-36(42-39)28-13-8-11-26(23-28)25-10-7-12-27(22-25)29-19-9-20-35-32-16-5-6-21-37(32)43-40(29)35;/h1-38H;1-24H;1H4. The molecule has 0 spiro atoms. The molecule has 0 aliphatic carbocycles. The van der Waals surface area contributed by atoms with Crippen LogP contribution in [0.4, 0.5) is 17.1 Å². The Labute approximate surface area is 596 Å². The average Bonchev–Trinajstić information content (AvgIpc) is 1.16. The van der Waals surface area contributed by atoms with Gasteiger partial charge in [-0.25, -0.2) is 4.98 Å². The summed E-state index contributed by atoms with van der Waals surface area (Å²) in [6.07, 6.45) is 1.92. The average molecular weight is 1320 g/mol. The Bertz CT molecular complexity index is 6400. The number of aromatic nitrogens is 3. The van der Waals surface area contributed by atoms with Crippen LogP contribution in [-0.2, 0) is 0 Å². The number of benzene rings is 17. The van der Waals surface area contributed by atoms with Crippen molar-refractivity contribution in [2.24, 2.45) is 0 Å². The van der Waals surface area contributed by atoms with Gasteiger partial charge >= 0.3 is 0 Å². The molecule has 3 heterocycles. The summed E-state index contributed by atoms with van der Waals surface area (Å²) >= 11 is 1.87. The molecule has 0 amide bonds. The second kappa shape index (κ2) is 26.0. The summed E-state index contributed by atoms with van der Waals surface area (Å²) in [5, 5.41) is 14.8. The molecule has 0 bridgehead atoms. The van der Waals surface area contributed by atoms with E-state index in [2.05, 4.69) is 380 Å². The summed E-state index contributed by atoms with van der Waals surface area (Å²) in [6, 6.07) is 133. The number of nitrogens with zero attached hydrogens (tertiary/aromatic N) is 4. The van der Waals surface area contributed by atoms with Crippen LogP contribution >= 0.6 is 11.3 Å². The van der Waals surface area contributed by atoms with Crippen LogP contribution in [0.5, 0.6) is 0 Å². The van der Waals surface area contributed by atoms with Crippen LogP contribution in [0.3, 0.4) is 0 Å². The number of para-hydroxylation sites is 2. The lowest BCUT2D eigenvalue weighted by Gasteiger charge is -2.26. The van der Waals surface area contributed by atoms with Crippen molar-refractivity contribution in [3.63, 3.8) is 0 Å². The Morgan fingerprint density at radius 3 is 1.33 bits per heavy atom. The molecule has 0 saturated heterocycles. The van der Waals surface area contributed by atoms with Gasteiger partial charge in [0.25, 0.3) is 0 Å². The fraction of sp³-hybridized carbons (Fsp3) is 0.0103. The lowest BCUT2D eigenvalue weighted by Crippen LogP contribution is -2.09. The van der Waals surface area contributed by atoms with E-state index in [-0.39, 0.29) is 7.43 Å². The first-order valence-electron chi connectivity index (χ1n) is 34.4. The minimum absolute atomic E-state index is 0. The van der Waals surface area contributed by atoms with E-state index >= 15 is 0 Å². The van der Waals surface area contributed by atoms with Crippen molar-refractivity contribution in [1.82, 2.24) is 14.5 Å². The summed E-state index contributed by atoms with van der Waals surface area (Å²) in [4.78, 5) is 12.6. The van der Waals surface area contributed by atoms with E-state index in [1.807, 2.05) is 17.5 Å². The highest BCUT2D eigenvalue weighted by molar-refractivity contribution is 7.26. The third kappa shape index (κ3) is 10.9. The van der Waals surface area contributed by atoms with Gasteiger partial charge in [0.1, 0.15) is 0 Å². The van der Waals surface area contributed by atoms with E-state index in [1.165, 1.54) is 130 Å². The largest absolute Gasteiger partial charge is 0.311 e. The van der Waals surface area contributed by atoms with Crippen molar-refractivity contribution in [2.45, 2.75) is 7.43 Å². The van der Waals surface area contributed by atoms with Crippen LogP contribution in [0, 0.1) is 0 Å². The van der Waals surface area contributed by atoms with Gasteiger partial charge in [0.15, 0.2) is 0 Å². The third-order valence-electron chi connectivity index (χ3n) is 20.1. The Morgan fingerprint density at radius 2 is 0.696 bits per heavy atom. The third-order valence-corrected chi connectivity index (χ3v) is 21.3. The molecule has 0 aliphatic heterocycles. The quantitative estimate of drug-likeness (QED) is 0.128. The predicted molar refractivity (Wildman–Crippen MR) is 437 cm³/mol. The second-order valence-electron chi connectivity index (χ2n) is 25.9. The Hall–Kier alpha value is -13.1. The lowest BCUT2D eigenvalue weighted by atomic mass is 9.96. The molecule has 5 heteroatoms. The monoisotopic (exact) mass is 1320 g/mol. The van der Waals surface area contributed by atoms with Gasteiger partial charge in [-0.05, 0) is 173 Å². The maximum absolute atomic E-state index is 5.22. The molecule has 0 unspecified atom stereocenters. The normalized spacial score (nSPS) is 11.5. The molecular weight excluding hydrogens is 1250 g/mol. The fourth-order valence-electron chi connectivity index (χ4n) is 15.3. The SMILES string of the molecule is C.c1cc(-c2cccc(-c3cccc4c3sc3ccccc34)c2)cc(-c2cnc3c4ccccc4c4ccccc4c3n2)c1.c1ccc(-n2c3ccccc3c3cc(-c4ccc(N(c5ccc(-c6cccc7ccccc67)cc5)c5ccc(-c6cccc7ccccc67)cc5)cc4)ccc32)cc1. The molecule has 0 fully saturated rings. The maximum Gasteiger partial charge on any atom is 0.0979 e. The topological polar surface area (TPSA) is 34.0 Å². The smallest absolute Gasteiger partial charge is 0.0979 e. The van der Waals surface area contributed by atoms with Crippen molar-refractivity contribution in [3.05, 3.63) is 376 Å². The van der Waals surface area contributed by atoms with Crippen LogP contribution in [0.15, 0.2) is 376 Å². The molecule has 3 aromatic heterocycles. The van der Waals surface area contributed by atoms with E-state index < -0.39 is 0 Å². The van der Waals surface area contributed by atoms with Crippen LogP contribution in [-0.4, -0.2) is 14.5 Å². The number of rotatable bonds is 10. The highest BCUT2D eigenvalue weighted by atomic mass is 32.1. The van der Waals surface area contributed by atoms with Gasteiger partial charge < -0.3 is 9.47 Å². The molecule has 0 N–H and O–H groups in total. The summed E-state index contributed by atoms with van der Waals surface area (Å²) < 4.78 is 5.03. The highest BCUT2D eigenvalue weighted by Gasteiger charge is 2.19. The lowest BCUT2D eigenvalue weighted by molar-refractivity contribution is 1.18. The van der Waals surface area contributed by atoms with Gasteiger partial charge in [-0.15, -0.1) is 11.3 Å². The summed E-state index contributed by atoms with van der Waals surface area (Å²) in [6.45, 7) is 0. The molecule has 4 nitrogen and oxygen atoms in total. The van der Waals surface area contributed by atoms with E-state index in [0.29, 0.717) is 0 Å². The molecule has 480 valence electrons. The first-order chi connectivity index (χ1) is 50.1. The molecule has 0 aliphatic rings. The number of hydrogen-bond acceptors (Lipinski definition) is 4. The number of anilines is 3. The van der Waals surface area contributed by atoms with Crippen molar-refractivity contribution in [3.8, 4) is 72.6 Å². The van der Waals surface area contributed by atoms with Crippen LogP contribution in [0.2, 0.25) is 0 Å². The number of fused-ring (bicyclic) bond motifs is 14. The van der Waals surface area contributed by atoms with E-state index in [4.69, 9.17) is 9.97 Å². The molecular formula is C97H66N4S. The van der Waals surface area contributed by atoms with Gasteiger partial charge in [-0.3, -0.25) is 4.98 Å². The zero-order valence-corrected chi connectivity index (χ0v) is 55.8. The van der Waals surface area contributed by atoms with E-state index in [1.54, 1.807) is 0 Å². The van der Waals surface area contributed by atoms with E-state index in [9.17, 15) is 0 Å². The number of thiophene rings is 1. The highest BCUT2D eigenvalue weighted by Crippen LogP contribution is 2.44. The second-order valence-corrected chi connectivity index (χ2v) is 27.0. The minimum atomic E-state index is 0. The predicted octanol–water partition coefficient (Wildman–Crippen LogP) is 27.5. The molecule has 0 atom stereocenters. The Kier molecular flexibility index (Phi) is 15.6. The van der Waals surface area contributed by atoms with E-state index in [0.717, 1.165) is 55.7 Å². The van der Waals surface area contributed by atoms with Crippen LogP contribution in [0.1, 0.15) is 7.43 Å². The zero-order chi connectivity index (χ0) is 66.7. The van der Waals surface area contributed by atoms with Gasteiger partial charge in [0, 0.05) is 70.0 Å². The zero-order valence-electron chi connectivity index (χ0n) is 55.0. The van der Waals surface area contributed by atoms with Crippen molar-refractivity contribution in [1.29, 1.82) is 0 Å². The van der Waals surface area contributed by atoms with Gasteiger partial charge in [-0.2, -0.15) is 0 Å². The molecule has 20 aromatic rings. The minimum Gasteiger partial charge on any atom is -0.311 e. The maximum atomic E-state index is 5.22. The Balaban J connectivity index is 0.000000151. The molecule has 0 saturated carbocycles. The number of hydrogen-bond donors (Lipinski definition) is 0. The Morgan fingerprint density at radius 1 is 0.265 bits per heavy atom. The first-order valence-corrected chi connectivity index (χ1v) is 35.2. The van der Waals surface area contributed by atoms with Crippen molar-refractivity contribution >= 4 is 125 Å². The van der Waals surface area contributed by atoms with Gasteiger partial charge in [-0.1, -0.05) is 293 Å². The fourth-order valence-corrected chi connectivity index (χ4v) is 16.5. The van der Waals surface area contributed by atoms with Crippen molar-refractivity contribution < 1.29 is 0 Å². The molecule has 102 heavy (non-hydrogen) atoms. The van der Waals surface area contributed by atoms with Crippen LogP contribution in [0.25, 0.3) is 169 Å².